The van der Waals surface area contributed by atoms with Gasteiger partial charge in [-0.3, -0.25) is 4.79 Å². The molecule has 1 amide bonds. The molecule has 1 N–H and O–H groups in total. The Kier molecular flexibility index (Phi) is 6.72. The Labute approximate surface area is 170 Å². The number of amides is 1. The number of carbonyl (C=O) groups excluding carboxylic acids is 1. The number of hydrogen-bond acceptors (Lipinski definition) is 3. The SMILES string of the molecule is CCC1(CC)C[C@H](NC(=O)CSCc2cccc(Cl)c2)c2ccccc2O1. The van der Waals surface area contributed by atoms with E-state index in [1.54, 1.807) is 11.8 Å². The summed E-state index contributed by atoms with van der Waals surface area (Å²) < 4.78 is 6.31. The largest absolute Gasteiger partial charge is 0.487 e. The summed E-state index contributed by atoms with van der Waals surface area (Å²) in [4.78, 5) is 12.6. The lowest BCUT2D eigenvalue weighted by molar-refractivity contribution is -0.120. The van der Waals surface area contributed by atoms with Crippen LogP contribution in [0, 0.1) is 0 Å². The van der Waals surface area contributed by atoms with E-state index in [-0.39, 0.29) is 17.6 Å². The van der Waals surface area contributed by atoms with Gasteiger partial charge in [-0.15, -0.1) is 11.8 Å². The Balaban J connectivity index is 1.62. The molecule has 144 valence electrons. The highest BCUT2D eigenvalue weighted by Gasteiger charge is 2.38. The summed E-state index contributed by atoms with van der Waals surface area (Å²) in [6, 6.07) is 15.8. The van der Waals surface area contributed by atoms with Gasteiger partial charge >= 0.3 is 0 Å². The maximum Gasteiger partial charge on any atom is 0.230 e. The molecule has 3 rings (SSSR count). The predicted octanol–water partition coefficient (Wildman–Crippen LogP) is 5.77. The molecule has 1 heterocycles. The molecule has 0 spiro atoms. The van der Waals surface area contributed by atoms with Crippen molar-refractivity contribution in [3.05, 3.63) is 64.7 Å². The zero-order valence-electron chi connectivity index (χ0n) is 15.8. The molecule has 0 aromatic heterocycles. The van der Waals surface area contributed by atoms with Crippen molar-refractivity contribution in [3.8, 4) is 5.75 Å². The highest BCUT2D eigenvalue weighted by Crippen LogP contribution is 2.42. The molecule has 2 aromatic rings. The van der Waals surface area contributed by atoms with Gasteiger partial charge in [0.1, 0.15) is 11.4 Å². The van der Waals surface area contributed by atoms with Crippen molar-refractivity contribution in [2.75, 3.05) is 5.75 Å². The lowest BCUT2D eigenvalue weighted by Crippen LogP contribution is -2.44. The van der Waals surface area contributed by atoms with E-state index in [1.807, 2.05) is 42.5 Å². The first-order valence-electron chi connectivity index (χ1n) is 9.45. The minimum absolute atomic E-state index is 0.00544. The fraction of sp³-hybridized carbons (Fsp3) is 0.409. The van der Waals surface area contributed by atoms with Gasteiger partial charge in [0, 0.05) is 22.8 Å². The molecule has 0 unspecified atom stereocenters. The number of rotatable bonds is 7. The van der Waals surface area contributed by atoms with Gasteiger partial charge in [0.25, 0.3) is 0 Å². The molecule has 27 heavy (non-hydrogen) atoms. The van der Waals surface area contributed by atoms with E-state index < -0.39 is 0 Å². The molecule has 1 aliphatic rings. The first-order valence-corrected chi connectivity index (χ1v) is 11.0. The van der Waals surface area contributed by atoms with Gasteiger partial charge in [-0.25, -0.2) is 0 Å². The van der Waals surface area contributed by atoms with Crippen molar-refractivity contribution in [1.29, 1.82) is 0 Å². The van der Waals surface area contributed by atoms with Gasteiger partial charge in [-0.2, -0.15) is 0 Å². The first-order chi connectivity index (χ1) is 13.0. The molecule has 3 nitrogen and oxygen atoms in total. The summed E-state index contributed by atoms with van der Waals surface area (Å²) >= 11 is 7.62. The Morgan fingerprint density at radius 2 is 2.00 bits per heavy atom. The van der Waals surface area contributed by atoms with E-state index in [0.717, 1.165) is 46.9 Å². The maximum absolute atomic E-state index is 12.6. The highest BCUT2D eigenvalue weighted by atomic mass is 35.5. The minimum Gasteiger partial charge on any atom is -0.487 e. The fourth-order valence-corrected chi connectivity index (χ4v) is 4.55. The van der Waals surface area contributed by atoms with Crippen molar-refractivity contribution in [2.24, 2.45) is 0 Å². The molecule has 5 heteroatoms. The normalized spacial score (nSPS) is 17.7. The van der Waals surface area contributed by atoms with Crippen molar-refractivity contribution in [3.63, 3.8) is 0 Å². The van der Waals surface area contributed by atoms with E-state index in [9.17, 15) is 4.79 Å². The molecule has 1 aliphatic heterocycles. The first kappa shape index (κ1) is 20.1. The number of benzene rings is 2. The van der Waals surface area contributed by atoms with Crippen molar-refractivity contribution in [2.45, 2.75) is 50.5 Å². The number of para-hydroxylation sites is 1. The van der Waals surface area contributed by atoms with Crippen LogP contribution in [0.4, 0.5) is 0 Å². The summed E-state index contributed by atoms with van der Waals surface area (Å²) in [5, 5.41) is 3.96. The second kappa shape index (κ2) is 9.03. The van der Waals surface area contributed by atoms with Gasteiger partial charge in [-0.05, 0) is 36.6 Å². The van der Waals surface area contributed by atoms with Gasteiger partial charge in [-0.1, -0.05) is 55.8 Å². The number of thioether (sulfide) groups is 1. The summed E-state index contributed by atoms with van der Waals surface area (Å²) in [6.45, 7) is 4.30. The topological polar surface area (TPSA) is 38.3 Å². The van der Waals surface area contributed by atoms with Crippen molar-refractivity contribution in [1.82, 2.24) is 5.32 Å². The van der Waals surface area contributed by atoms with E-state index in [0.29, 0.717) is 5.75 Å². The van der Waals surface area contributed by atoms with Crippen LogP contribution in [0.1, 0.15) is 50.3 Å². The van der Waals surface area contributed by atoms with Crippen LogP contribution in [0.5, 0.6) is 5.75 Å². The van der Waals surface area contributed by atoms with Crippen LogP contribution in [0.3, 0.4) is 0 Å². The molecular formula is C22H26ClNO2S. The molecule has 0 fully saturated rings. The fourth-order valence-electron chi connectivity index (χ4n) is 3.55. The van der Waals surface area contributed by atoms with Crippen LogP contribution in [-0.4, -0.2) is 17.3 Å². The van der Waals surface area contributed by atoms with Crippen LogP contribution < -0.4 is 10.1 Å². The Morgan fingerprint density at radius 1 is 1.22 bits per heavy atom. The van der Waals surface area contributed by atoms with Gasteiger partial charge in [0.05, 0.1) is 11.8 Å². The number of hydrogen-bond donors (Lipinski definition) is 1. The standard InChI is InChI=1S/C22H26ClNO2S/c1-3-22(4-2)13-19(18-10-5-6-11-20(18)26-22)24-21(25)15-27-14-16-8-7-9-17(23)12-16/h5-12,19H,3-4,13-15H2,1-2H3,(H,24,25)/t19-/m0/s1. The monoisotopic (exact) mass is 403 g/mol. The third-order valence-corrected chi connectivity index (χ3v) is 6.45. The Bertz CT molecular complexity index is 791. The van der Waals surface area contributed by atoms with Gasteiger partial charge in [0.2, 0.25) is 5.91 Å². The molecule has 0 saturated carbocycles. The second-order valence-electron chi connectivity index (χ2n) is 6.98. The van der Waals surface area contributed by atoms with Gasteiger partial charge in [0.15, 0.2) is 0 Å². The molecule has 0 saturated heterocycles. The lowest BCUT2D eigenvalue weighted by Gasteiger charge is -2.41. The highest BCUT2D eigenvalue weighted by molar-refractivity contribution is 7.99. The summed E-state index contributed by atoms with van der Waals surface area (Å²) in [7, 11) is 0. The third-order valence-electron chi connectivity index (χ3n) is 5.21. The zero-order chi connectivity index (χ0) is 19.3. The number of nitrogens with one attached hydrogen (secondary N) is 1. The number of ether oxygens (including phenoxy) is 1. The van der Waals surface area contributed by atoms with E-state index in [2.05, 4.69) is 25.2 Å². The molecule has 1 atom stereocenters. The Morgan fingerprint density at radius 3 is 2.74 bits per heavy atom. The quantitative estimate of drug-likeness (QED) is 0.637. The number of halogens is 1. The lowest BCUT2D eigenvalue weighted by atomic mass is 9.83. The third kappa shape index (κ3) is 4.99. The number of fused-ring (bicyclic) bond motifs is 1. The van der Waals surface area contributed by atoms with Crippen molar-refractivity contribution >= 4 is 29.3 Å². The number of carbonyl (C=O) groups is 1. The summed E-state index contributed by atoms with van der Waals surface area (Å²) in [5.74, 6) is 2.15. The van der Waals surface area contributed by atoms with E-state index in [4.69, 9.17) is 16.3 Å². The van der Waals surface area contributed by atoms with Crippen LogP contribution in [0.15, 0.2) is 48.5 Å². The second-order valence-corrected chi connectivity index (χ2v) is 8.40. The zero-order valence-corrected chi connectivity index (χ0v) is 17.4. The Hall–Kier alpha value is -1.65. The van der Waals surface area contributed by atoms with Crippen molar-refractivity contribution < 1.29 is 9.53 Å². The maximum atomic E-state index is 12.6. The van der Waals surface area contributed by atoms with Crippen LogP contribution in [0.2, 0.25) is 5.02 Å². The molecule has 0 aliphatic carbocycles. The van der Waals surface area contributed by atoms with E-state index in [1.165, 1.54) is 0 Å². The molecule has 0 radical (unpaired) electrons. The molecule has 2 aromatic carbocycles. The van der Waals surface area contributed by atoms with Gasteiger partial charge < -0.3 is 10.1 Å². The molecular weight excluding hydrogens is 378 g/mol. The summed E-state index contributed by atoms with van der Waals surface area (Å²) in [6.07, 6.45) is 2.66. The van der Waals surface area contributed by atoms with Crippen LogP contribution >= 0.6 is 23.4 Å². The smallest absolute Gasteiger partial charge is 0.230 e. The molecule has 0 bridgehead atoms. The predicted molar refractivity (Wildman–Crippen MR) is 113 cm³/mol. The van der Waals surface area contributed by atoms with E-state index >= 15 is 0 Å². The minimum atomic E-state index is -0.208. The average molecular weight is 404 g/mol. The summed E-state index contributed by atoms with van der Waals surface area (Å²) in [5.41, 5.74) is 2.00. The van der Waals surface area contributed by atoms with Crippen LogP contribution in [0.25, 0.3) is 0 Å². The van der Waals surface area contributed by atoms with Crippen LogP contribution in [-0.2, 0) is 10.5 Å². The average Bonchev–Trinajstić information content (AvgIpc) is 2.68.